The van der Waals surface area contributed by atoms with Gasteiger partial charge in [-0.25, -0.2) is 0 Å². The molecule has 0 fully saturated rings. The van der Waals surface area contributed by atoms with E-state index < -0.39 is 156 Å². The molecule has 0 aromatic heterocycles. The predicted molar refractivity (Wildman–Crippen MR) is 367 cm³/mol. The molecular weight excluding hydrogens is 1300 g/mol. The average molecular weight is 1410 g/mol. The van der Waals surface area contributed by atoms with Gasteiger partial charge in [-0.3, -0.25) is 68.4 Å². The summed E-state index contributed by atoms with van der Waals surface area (Å²) in [4.78, 5) is 165. The summed E-state index contributed by atoms with van der Waals surface area (Å²) < 4.78 is 0. The minimum atomic E-state index is -2.03. The van der Waals surface area contributed by atoms with Gasteiger partial charge in [-0.1, -0.05) is 53.2 Å². The minimum Gasteiger partial charge on any atom is -0.508 e. The molecule has 0 spiro atoms. The summed E-state index contributed by atoms with van der Waals surface area (Å²) >= 11 is 1.23. The lowest BCUT2D eigenvalue weighted by Gasteiger charge is -2.29. The minimum absolute atomic E-state index is 0.0834. The van der Waals surface area contributed by atoms with Crippen LogP contribution in [0.3, 0.4) is 0 Å². The van der Waals surface area contributed by atoms with E-state index in [4.69, 9.17) is 39.5 Å². The van der Waals surface area contributed by atoms with Gasteiger partial charge >= 0.3 is 5.97 Å². The molecule has 0 heterocycles. The highest BCUT2D eigenvalue weighted by atomic mass is 32.2. The van der Waals surface area contributed by atoms with Crippen LogP contribution in [0.2, 0.25) is 0 Å². The number of amides is 11. The number of carboxylic acid groups (broad SMARTS) is 1. The van der Waals surface area contributed by atoms with E-state index in [1.54, 1.807) is 27.0 Å². The molecule has 98 heavy (non-hydrogen) atoms. The molecular formula is C62H109N19O16S. The first kappa shape index (κ1) is 87.4. The van der Waals surface area contributed by atoms with Gasteiger partial charge in [-0.2, -0.15) is 11.8 Å². The Labute approximate surface area is 576 Å². The molecule has 1 rings (SSSR count). The maximum absolute atomic E-state index is 14.5. The lowest BCUT2D eigenvalue weighted by molar-refractivity contribution is -0.142. The number of thioether (sulfide) groups is 1. The Morgan fingerprint density at radius 1 is 0.469 bits per heavy atom. The van der Waals surface area contributed by atoms with Crippen molar-refractivity contribution in [2.45, 2.75) is 204 Å². The van der Waals surface area contributed by atoms with E-state index in [1.807, 2.05) is 13.8 Å². The number of nitrogens with one attached hydrogen (secondary N) is 14. The van der Waals surface area contributed by atoms with Crippen molar-refractivity contribution in [1.82, 2.24) is 63.8 Å². The van der Waals surface area contributed by atoms with Crippen molar-refractivity contribution in [2.24, 2.45) is 46.4 Å². The topological polar surface area (TPSA) is 608 Å². The van der Waals surface area contributed by atoms with E-state index in [-0.39, 0.29) is 119 Å². The van der Waals surface area contributed by atoms with E-state index in [1.165, 1.54) is 36.0 Å². The van der Waals surface area contributed by atoms with Crippen LogP contribution >= 0.6 is 11.8 Å². The van der Waals surface area contributed by atoms with Crippen LogP contribution in [0.25, 0.3) is 0 Å². The first-order valence-corrected chi connectivity index (χ1v) is 34.2. The number of nitrogens with two attached hydrogens (primary N) is 5. The molecule has 0 bridgehead atoms. The van der Waals surface area contributed by atoms with Crippen LogP contribution in [-0.4, -0.2) is 215 Å². The SMILES string of the molecule is CSCC[C@H](NC(=O)[C@H](CO)NC(=O)[C@H](CCCNC(=N)N)NC(=O)[C@H](CC(C)C)NC(=O)[C@@H](C)CCCCN)C(=O)N[C@H](C(=O)N[C@@H](CC(=O)O)C(=O)N[C@@H](CCCCN)C(=O)N[C@@H](Cc1ccc(O)cc1)C(=O)N[C@@H](CCCNC(=N)N)C(=O)N[C@@H](CC(C)C)C(N)=O)[C@H](C)O. The highest BCUT2D eigenvalue weighted by Gasteiger charge is 2.38. The number of phenols is 1. The number of aliphatic carboxylic acids is 1. The molecule has 11 amide bonds. The molecule has 554 valence electrons. The number of hydrogen-bond acceptors (Lipinski definition) is 20. The number of guanidine groups is 2. The van der Waals surface area contributed by atoms with Crippen molar-refractivity contribution in [3.63, 3.8) is 0 Å². The van der Waals surface area contributed by atoms with Crippen LogP contribution in [0.4, 0.5) is 0 Å². The van der Waals surface area contributed by atoms with Crippen molar-refractivity contribution in [1.29, 1.82) is 10.8 Å². The highest BCUT2D eigenvalue weighted by Crippen LogP contribution is 2.16. The predicted octanol–water partition coefficient (Wildman–Crippen LogP) is -4.62. The molecule has 28 N–H and O–H groups in total. The summed E-state index contributed by atoms with van der Waals surface area (Å²) in [5.74, 6) is -13.5. The third-order valence-corrected chi connectivity index (χ3v) is 15.8. The van der Waals surface area contributed by atoms with E-state index in [9.17, 15) is 78.0 Å². The number of aliphatic hydroxyl groups excluding tert-OH is 2. The molecule has 0 aliphatic heterocycles. The summed E-state index contributed by atoms with van der Waals surface area (Å²) in [5, 5.41) is 86.7. The van der Waals surface area contributed by atoms with E-state index >= 15 is 0 Å². The van der Waals surface area contributed by atoms with E-state index in [0.717, 1.165) is 6.92 Å². The molecule has 0 unspecified atom stereocenters. The third-order valence-electron chi connectivity index (χ3n) is 15.2. The smallest absolute Gasteiger partial charge is 0.305 e. The number of aromatic hydroxyl groups is 1. The standard InChI is InChI=1S/C62H109N19O16S/c1-33(2)28-43(50(65)87)76-52(89)40(16-12-25-70-61(66)67)74-57(94)45(30-37-18-20-38(84)21-19-37)78-53(90)39(15-9-11-24-64)72-58(95)46(31-48(85)86)79-60(97)49(36(6)83)81-55(92)42(22-27-98-7)75-59(96)47(32-82)80-54(91)41(17-13-26-71-62(68)69)73-56(93)44(29-34(3)4)77-51(88)35(5)14-8-10-23-63/h18-21,33-36,39-47,49,82-84H,8-17,22-32,63-64H2,1-7H3,(H2,65,87)(H,72,95)(H,73,93)(H,74,94)(H,75,96)(H,76,89)(H,77,88)(H,78,90)(H,79,97)(H,80,91)(H,81,92)(H,85,86)(H4,66,67,70)(H4,68,69,71)/t35-,36-,39-,40-,41-,42-,43-,44-,45-,46-,47-,49-/m0/s1. The number of carbonyl (C=O) groups excluding carboxylic acids is 11. The maximum atomic E-state index is 14.5. The number of rotatable bonds is 50. The zero-order chi connectivity index (χ0) is 74.2. The zero-order valence-electron chi connectivity index (χ0n) is 57.2. The largest absolute Gasteiger partial charge is 0.508 e. The summed E-state index contributed by atoms with van der Waals surface area (Å²) in [6, 6.07) is -9.95. The third kappa shape index (κ3) is 35.6. The Hall–Kier alpha value is -8.61. The second kappa shape index (κ2) is 47.4. The van der Waals surface area contributed by atoms with Gasteiger partial charge in [-0.15, -0.1) is 0 Å². The Morgan fingerprint density at radius 3 is 1.29 bits per heavy atom. The first-order chi connectivity index (χ1) is 46.2. The number of aliphatic hydroxyl groups is 2. The van der Waals surface area contributed by atoms with Crippen LogP contribution in [0, 0.1) is 28.6 Å². The highest BCUT2D eigenvalue weighted by molar-refractivity contribution is 7.98. The molecule has 36 heteroatoms. The fraction of sp³-hybridized carbons (Fsp3) is 0.677. The molecule has 12 atom stereocenters. The molecule has 0 saturated carbocycles. The molecule has 1 aromatic carbocycles. The Bertz CT molecular complexity index is 2770. The normalized spacial score (nSPS) is 14.8. The number of hydrogen-bond donors (Lipinski definition) is 23. The van der Waals surface area contributed by atoms with Crippen molar-refractivity contribution >= 4 is 94.6 Å². The second-order valence-corrected chi connectivity index (χ2v) is 25.8. The number of carbonyl (C=O) groups is 12. The second-order valence-electron chi connectivity index (χ2n) is 24.8. The van der Waals surface area contributed by atoms with Crippen molar-refractivity contribution in [3.8, 4) is 5.75 Å². The Morgan fingerprint density at radius 2 is 0.847 bits per heavy atom. The average Bonchev–Trinajstić information content (AvgIpc) is 0.992. The first-order valence-electron chi connectivity index (χ1n) is 32.8. The summed E-state index contributed by atoms with van der Waals surface area (Å²) in [6.45, 7) is 9.74. The van der Waals surface area contributed by atoms with Gasteiger partial charge in [0.15, 0.2) is 11.9 Å². The molecule has 1 aromatic rings. The number of primary amides is 1. The number of unbranched alkanes of at least 4 members (excludes halogenated alkanes) is 2. The van der Waals surface area contributed by atoms with Crippen LogP contribution in [0.1, 0.15) is 137 Å². The van der Waals surface area contributed by atoms with Crippen molar-refractivity contribution in [3.05, 3.63) is 29.8 Å². The fourth-order valence-electron chi connectivity index (χ4n) is 9.80. The van der Waals surface area contributed by atoms with Gasteiger partial charge in [0.1, 0.15) is 66.2 Å². The van der Waals surface area contributed by atoms with Gasteiger partial charge in [0, 0.05) is 25.4 Å². The van der Waals surface area contributed by atoms with Gasteiger partial charge in [-0.05, 0) is 139 Å². The van der Waals surface area contributed by atoms with Crippen LogP contribution in [-0.2, 0) is 64.0 Å². The van der Waals surface area contributed by atoms with Crippen LogP contribution in [0.5, 0.6) is 5.75 Å². The molecule has 0 saturated heterocycles. The van der Waals surface area contributed by atoms with Gasteiger partial charge in [0.2, 0.25) is 65.0 Å². The summed E-state index contributed by atoms with van der Waals surface area (Å²) in [6.07, 6.45) is 0.917. The lowest BCUT2D eigenvalue weighted by Crippen LogP contribution is -2.62. The zero-order valence-corrected chi connectivity index (χ0v) is 58.0. The lowest BCUT2D eigenvalue weighted by atomic mass is 9.99. The van der Waals surface area contributed by atoms with Crippen LogP contribution < -0.4 is 92.5 Å². The maximum Gasteiger partial charge on any atom is 0.305 e. The van der Waals surface area contributed by atoms with Gasteiger partial charge < -0.3 is 113 Å². The van der Waals surface area contributed by atoms with Crippen molar-refractivity contribution < 1.29 is 78.0 Å². The van der Waals surface area contributed by atoms with Crippen LogP contribution in [0.15, 0.2) is 24.3 Å². The molecule has 0 radical (unpaired) electrons. The van der Waals surface area contributed by atoms with E-state index in [2.05, 4.69) is 63.8 Å². The Balaban J connectivity index is 3.63. The molecule has 35 nitrogen and oxygen atoms in total. The molecule has 0 aliphatic carbocycles. The van der Waals surface area contributed by atoms with Gasteiger partial charge in [0.25, 0.3) is 0 Å². The number of benzene rings is 1. The fourth-order valence-corrected chi connectivity index (χ4v) is 10.3. The van der Waals surface area contributed by atoms with E-state index in [0.29, 0.717) is 37.8 Å². The number of carboxylic acids is 1. The quantitative estimate of drug-likeness (QED) is 0.0166. The Kier molecular flexibility index (Phi) is 42.2. The van der Waals surface area contributed by atoms with Crippen molar-refractivity contribution in [2.75, 3.05) is 44.8 Å². The van der Waals surface area contributed by atoms with Gasteiger partial charge in [0.05, 0.1) is 19.1 Å². The number of phenolic OH excluding ortho intramolecular Hbond substituents is 1. The summed E-state index contributed by atoms with van der Waals surface area (Å²) in [7, 11) is 0. The monoisotopic (exact) mass is 1410 g/mol. The molecule has 0 aliphatic rings. The summed E-state index contributed by atoms with van der Waals surface area (Å²) in [5.41, 5.74) is 28.3.